The van der Waals surface area contributed by atoms with Crippen molar-refractivity contribution in [2.45, 2.75) is 32.3 Å². The lowest BCUT2D eigenvalue weighted by Gasteiger charge is -2.25. The van der Waals surface area contributed by atoms with Crippen LogP contribution in [0, 0.1) is 5.92 Å². The lowest BCUT2D eigenvalue weighted by Crippen LogP contribution is -2.42. The molecule has 0 aromatic heterocycles. The molecule has 1 rings (SSSR count). The van der Waals surface area contributed by atoms with E-state index in [2.05, 4.69) is 5.32 Å². The molecule has 0 radical (unpaired) electrons. The summed E-state index contributed by atoms with van der Waals surface area (Å²) in [4.78, 5) is 11.1. The Kier molecular flexibility index (Phi) is 2.88. The largest absolute Gasteiger partial charge is 0.392 e. The van der Waals surface area contributed by atoms with Gasteiger partial charge in [-0.2, -0.15) is 0 Å². The first-order chi connectivity index (χ1) is 5.25. The maximum absolute atomic E-state index is 11.1. The number of hydrogen-bond donors (Lipinski definition) is 2. The molecule has 0 bridgehead atoms. The van der Waals surface area contributed by atoms with E-state index in [1.54, 1.807) is 0 Å². The van der Waals surface area contributed by atoms with E-state index in [0.29, 0.717) is 6.42 Å². The monoisotopic (exact) mass is 157 g/mol. The predicted molar refractivity (Wildman–Crippen MR) is 42.0 cm³/mol. The number of carbonyl (C=O) groups excluding carboxylic acids is 1. The lowest BCUT2D eigenvalue weighted by atomic mass is 9.91. The topological polar surface area (TPSA) is 49.3 Å². The Morgan fingerprint density at radius 2 is 2.55 bits per heavy atom. The van der Waals surface area contributed by atoms with E-state index in [1.807, 2.05) is 6.92 Å². The molecular weight excluding hydrogens is 142 g/mol. The molecule has 0 spiro atoms. The van der Waals surface area contributed by atoms with E-state index in [-0.39, 0.29) is 11.8 Å². The van der Waals surface area contributed by atoms with Crippen molar-refractivity contribution in [3.63, 3.8) is 0 Å². The molecule has 1 aliphatic rings. The molecule has 0 aromatic rings. The highest BCUT2D eigenvalue weighted by Crippen LogP contribution is 2.17. The van der Waals surface area contributed by atoms with Crippen LogP contribution < -0.4 is 5.32 Å². The highest BCUT2D eigenvalue weighted by atomic mass is 16.3. The van der Waals surface area contributed by atoms with Gasteiger partial charge in [-0.05, 0) is 19.3 Å². The third-order valence-electron chi connectivity index (χ3n) is 2.21. The Morgan fingerprint density at radius 3 is 3.09 bits per heavy atom. The molecule has 1 fully saturated rings. The zero-order valence-corrected chi connectivity index (χ0v) is 6.84. The number of aliphatic hydroxyl groups excluding tert-OH is 1. The van der Waals surface area contributed by atoms with Gasteiger partial charge in [-0.1, -0.05) is 6.92 Å². The Morgan fingerprint density at radius 1 is 1.82 bits per heavy atom. The molecule has 1 aliphatic heterocycles. The number of piperidine rings is 1. The molecule has 1 heterocycles. The number of rotatable bonds is 2. The van der Waals surface area contributed by atoms with Gasteiger partial charge in [0.2, 0.25) is 5.91 Å². The number of hydrogen-bond acceptors (Lipinski definition) is 2. The van der Waals surface area contributed by atoms with E-state index in [9.17, 15) is 9.90 Å². The number of nitrogens with one attached hydrogen (secondary N) is 1. The van der Waals surface area contributed by atoms with Crippen molar-refractivity contribution in [1.29, 1.82) is 0 Å². The highest BCUT2D eigenvalue weighted by molar-refractivity contribution is 5.79. The molecule has 64 valence electrons. The van der Waals surface area contributed by atoms with Gasteiger partial charge in [0.1, 0.15) is 0 Å². The molecular formula is C8H15NO2. The summed E-state index contributed by atoms with van der Waals surface area (Å²) in [7, 11) is 0. The van der Waals surface area contributed by atoms with Crippen molar-refractivity contribution in [3.05, 3.63) is 0 Å². The summed E-state index contributed by atoms with van der Waals surface area (Å²) in [6.45, 7) is 2.66. The fraction of sp³-hybridized carbons (Fsp3) is 0.875. The molecule has 11 heavy (non-hydrogen) atoms. The Hall–Kier alpha value is -0.570. The molecule has 2 unspecified atom stereocenters. The van der Waals surface area contributed by atoms with Crippen molar-refractivity contribution >= 4 is 5.91 Å². The van der Waals surface area contributed by atoms with Crippen LogP contribution >= 0.6 is 0 Å². The minimum absolute atomic E-state index is 0.0191. The fourth-order valence-electron chi connectivity index (χ4n) is 1.45. The van der Waals surface area contributed by atoms with Crippen LogP contribution in [0.3, 0.4) is 0 Å². The molecule has 3 nitrogen and oxygen atoms in total. The normalized spacial score (nSPS) is 27.8. The van der Waals surface area contributed by atoms with Crippen LogP contribution in [0.25, 0.3) is 0 Å². The zero-order chi connectivity index (χ0) is 8.27. The van der Waals surface area contributed by atoms with E-state index < -0.39 is 6.10 Å². The second kappa shape index (κ2) is 3.72. The van der Waals surface area contributed by atoms with Gasteiger partial charge in [-0.15, -0.1) is 0 Å². The molecule has 3 heteroatoms. The summed E-state index contributed by atoms with van der Waals surface area (Å²) in [5, 5.41) is 12.1. The number of amides is 1. The second-order valence-electron chi connectivity index (χ2n) is 3.02. The zero-order valence-electron chi connectivity index (χ0n) is 6.84. The minimum Gasteiger partial charge on any atom is -0.392 e. The molecule has 0 aromatic carbocycles. The van der Waals surface area contributed by atoms with Crippen molar-refractivity contribution in [2.75, 3.05) is 6.54 Å². The summed E-state index contributed by atoms with van der Waals surface area (Å²) in [6, 6.07) is 0. The van der Waals surface area contributed by atoms with Crippen LogP contribution in [0.15, 0.2) is 0 Å². The molecule has 1 amide bonds. The number of aliphatic hydroxyl groups is 1. The van der Waals surface area contributed by atoms with Crippen molar-refractivity contribution < 1.29 is 9.90 Å². The van der Waals surface area contributed by atoms with Gasteiger partial charge >= 0.3 is 0 Å². The van der Waals surface area contributed by atoms with E-state index in [4.69, 9.17) is 0 Å². The van der Waals surface area contributed by atoms with Gasteiger partial charge in [0.15, 0.2) is 0 Å². The average Bonchev–Trinajstić information content (AvgIpc) is 2.04. The summed E-state index contributed by atoms with van der Waals surface area (Å²) in [6.07, 6.45) is 2.04. The highest BCUT2D eigenvalue weighted by Gasteiger charge is 2.27. The van der Waals surface area contributed by atoms with Crippen molar-refractivity contribution in [2.24, 2.45) is 5.92 Å². The van der Waals surface area contributed by atoms with E-state index in [1.165, 1.54) is 0 Å². The summed E-state index contributed by atoms with van der Waals surface area (Å²) >= 11 is 0. The number of carbonyl (C=O) groups is 1. The maximum atomic E-state index is 11.1. The Balaban J connectivity index is 2.47. The second-order valence-corrected chi connectivity index (χ2v) is 3.02. The van der Waals surface area contributed by atoms with Gasteiger partial charge < -0.3 is 10.4 Å². The van der Waals surface area contributed by atoms with E-state index >= 15 is 0 Å². The quantitative estimate of drug-likeness (QED) is 0.605. The smallest absolute Gasteiger partial charge is 0.225 e. The predicted octanol–water partition coefficient (Wildman–Crippen LogP) is 0.283. The van der Waals surface area contributed by atoms with Gasteiger partial charge in [-0.3, -0.25) is 4.79 Å². The molecule has 0 aliphatic carbocycles. The van der Waals surface area contributed by atoms with Gasteiger partial charge in [0.05, 0.1) is 12.0 Å². The van der Waals surface area contributed by atoms with Crippen molar-refractivity contribution in [3.8, 4) is 0 Å². The lowest BCUT2D eigenvalue weighted by molar-refractivity contribution is -0.130. The van der Waals surface area contributed by atoms with Crippen LogP contribution in [0.4, 0.5) is 0 Å². The summed E-state index contributed by atoms with van der Waals surface area (Å²) < 4.78 is 0. The third-order valence-corrected chi connectivity index (χ3v) is 2.21. The molecule has 1 saturated heterocycles. The first-order valence-electron chi connectivity index (χ1n) is 4.21. The maximum Gasteiger partial charge on any atom is 0.225 e. The van der Waals surface area contributed by atoms with Crippen LogP contribution in [0.5, 0.6) is 0 Å². The average molecular weight is 157 g/mol. The van der Waals surface area contributed by atoms with Gasteiger partial charge in [0, 0.05) is 6.54 Å². The minimum atomic E-state index is -0.449. The van der Waals surface area contributed by atoms with Crippen LogP contribution in [0.1, 0.15) is 26.2 Å². The third kappa shape index (κ3) is 1.93. The molecule has 2 N–H and O–H groups in total. The Labute approximate surface area is 66.8 Å². The fourth-order valence-corrected chi connectivity index (χ4v) is 1.45. The summed E-state index contributed by atoms with van der Waals surface area (Å²) in [5.74, 6) is -0.139. The summed E-state index contributed by atoms with van der Waals surface area (Å²) in [5.41, 5.74) is 0. The van der Waals surface area contributed by atoms with Crippen molar-refractivity contribution in [1.82, 2.24) is 5.32 Å². The van der Waals surface area contributed by atoms with Gasteiger partial charge in [-0.25, -0.2) is 0 Å². The Bertz CT molecular complexity index is 147. The first kappa shape index (κ1) is 8.53. The molecule has 2 atom stereocenters. The SMILES string of the molecule is CCC(O)C1CCCNC1=O. The van der Waals surface area contributed by atoms with E-state index in [0.717, 1.165) is 19.4 Å². The standard InChI is InChI=1S/C8H15NO2/c1-2-7(10)6-4-3-5-9-8(6)11/h6-7,10H,2-5H2,1H3,(H,9,11). The van der Waals surface area contributed by atoms with Gasteiger partial charge in [0.25, 0.3) is 0 Å². The van der Waals surface area contributed by atoms with Crippen LogP contribution in [0.2, 0.25) is 0 Å². The van der Waals surface area contributed by atoms with Crippen LogP contribution in [-0.2, 0) is 4.79 Å². The molecule has 0 saturated carbocycles. The van der Waals surface area contributed by atoms with Crippen LogP contribution in [-0.4, -0.2) is 23.7 Å². The first-order valence-corrected chi connectivity index (χ1v) is 4.21.